The molecular weight excluding hydrogens is 386 g/mol. The molecule has 2 aliphatic rings. The molecule has 1 aromatic heterocycles. The summed E-state index contributed by atoms with van der Waals surface area (Å²) in [6, 6.07) is 13.0. The number of nitrogen functional groups attached to an aromatic ring is 1. The van der Waals surface area contributed by atoms with Gasteiger partial charge in [-0.1, -0.05) is 30.3 Å². The van der Waals surface area contributed by atoms with Crippen LogP contribution >= 0.6 is 0 Å². The fourth-order valence-corrected chi connectivity index (χ4v) is 6.08. The number of hydrogen-bond donors (Lipinski definition) is 2. The van der Waals surface area contributed by atoms with Gasteiger partial charge in [-0.2, -0.15) is 4.31 Å². The van der Waals surface area contributed by atoms with Crippen molar-refractivity contribution >= 4 is 21.5 Å². The van der Waals surface area contributed by atoms with Crippen LogP contribution in [0.2, 0.25) is 0 Å². The number of rotatable bonds is 1. The third kappa shape index (κ3) is 3.04. The second-order valence-electron chi connectivity index (χ2n) is 7.38. The lowest BCUT2D eigenvalue weighted by Gasteiger charge is -2.28. The van der Waals surface area contributed by atoms with Crippen LogP contribution in [-0.4, -0.2) is 41.8 Å². The molecule has 2 aliphatic heterocycles. The summed E-state index contributed by atoms with van der Waals surface area (Å²) in [6.07, 6.45) is 4.89. The molecule has 7 nitrogen and oxygen atoms in total. The lowest BCUT2D eigenvalue weighted by Crippen LogP contribution is -2.40. The van der Waals surface area contributed by atoms with Gasteiger partial charge in [-0.25, -0.2) is 13.4 Å². The van der Waals surface area contributed by atoms with E-state index in [0.717, 1.165) is 35.3 Å². The van der Waals surface area contributed by atoms with E-state index in [2.05, 4.69) is 15.3 Å². The van der Waals surface area contributed by atoms with Crippen molar-refractivity contribution in [3.05, 3.63) is 54.9 Å². The Morgan fingerprint density at radius 1 is 1.07 bits per heavy atom. The zero-order chi connectivity index (χ0) is 20.0. The molecule has 0 unspecified atom stereocenters. The van der Waals surface area contributed by atoms with Crippen LogP contribution in [0.1, 0.15) is 12.8 Å². The van der Waals surface area contributed by atoms with E-state index in [4.69, 9.17) is 5.73 Å². The fourth-order valence-electron chi connectivity index (χ4n) is 4.17. The van der Waals surface area contributed by atoms with Crippen molar-refractivity contribution in [3.63, 3.8) is 0 Å². The van der Waals surface area contributed by atoms with Crippen LogP contribution in [0.15, 0.2) is 59.8 Å². The van der Waals surface area contributed by atoms with E-state index in [1.165, 1.54) is 6.20 Å². The Bertz CT molecular complexity index is 1180. The van der Waals surface area contributed by atoms with E-state index in [9.17, 15) is 8.42 Å². The maximum absolute atomic E-state index is 13.4. The second-order valence-corrected chi connectivity index (χ2v) is 9.23. The minimum Gasteiger partial charge on any atom is -0.383 e. The molecule has 148 valence electrons. The highest BCUT2D eigenvalue weighted by atomic mass is 32.2. The van der Waals surface area contributed by atoms with Gasteiger partial charge >= 0.3 is 0 Å². The molecule has 1 saturated heterocycles. The number of anilines is 2. The van der Waals surface area contributed by atoms with E-state index < -0.39 is 10.0 Å². The molecule has 0 saturated carbocycles. The predicted molar refractivity (Wildman–Crippen MR) is 113 cm³/mol. The maximum atomic E-state index is 13.4. The molecule has 8 heteroatoms. The lowest BCUT2D eigenvalue weighted by molar-refractivity contribution is 0.399. The first-order valence-corrected chi connectivity index (χ1v) is 11.0. The van der Waals surface area contributed by atoms with Gasteiger partial charge in [-0.05, 0) is 30.5 Å². The van der Waals surface area contributed by atoms with Crippen LogP contribution < -0.4 is 11.1 Å². The van der Waals surface area contributed by atoms with Gasteiger partial charge in [-0.3, -0.25) is 4.98 Å². The Labute approximate surface area is 169 Å². The van der Waals surface area contributed by atoms with Crippen LogP contribution in [0.4, 0.5) is 11.5 Å². The highest BCUT2D eigenvalue weighted by Gasteiger charge is 2.37. The van der Waals surface area contributed by atoms with Crippen LogP contribution in [0, 0.1) is 0 Å². The van der Waals surface area contributed by atoms with Crippen molar-refractivity contribution in [2.24, 2.45) is 0 Å². The summed E-state index contributed by atoms with van der Waals surface area (Å²) in [5.41, 5.74) is 9.76. The zero-order valence-corrected chi connectivity index (χ0v) is 16.6. The summed E-state index contributed by atoms with van der Waals surface area (Å²) in [6.45, 7) is 1.09. The molecule has 3 aromatic rings. The molecule has 3 heterocycles. The summed E-state index contributed by atoms with van der Waals surface area (Å²) in [7, 11) is -3.56. The lowest BCUT2D eigenvalue weighted by atomic mass is 10.0. The van der Waals surface area contributed by atoms with Gasteiger partial charge in [0.15, 0.2) is 0 Å². The van der Waals surface area contributed by atoms with Crippen molar-refractivity contribution in [1.82, 2.24) is 14.3 Å². The Morgan fingerprint density at radius 3 is 2.76 bits per heavy atom. The molecule has 29 heavy (non-hydrogen) atoms. The number of nitrogens with one attached hydrogen (secondary N) is 1. The van der Waals surface area contributed by atoms with Crippen LogP contribution in [0.5, 0.6) is 0 Å². The summed E-state index contributed by atoms with van der Waals surface area (Å²) >= 11 is 0. The first-order valence-electron chi connectivity index (χ1n) is 9.61. The van der Waals surface area contributed by atoms with E-state index in [0.29, 0.717) is 29.4 Å². The minimum absolute atomic E-state index is 0.0832. The normalized spacial score (nSPS) is 20.3. The summed E-state index contributed by atoms with van der Waals surface area (Å²) in [5, 5.41) is 3.47. The number of hydrogen-bond acceptors (Lipinski definition) is 6. The van der Waals surface area contributed by atoms with Crippen molar-refractivity contribution in [2.45, 2.75) is 23.8 Å². The van der Waals surface area contributed by atoms with Crippen LogP contribution in [-0.2, 0) is 10.0 Å². The third-order valence-electron chi connectivity index (χ3n) is 5.60. The summed E-state index contributed by atoms with van der Waals surface area (Å²) in [5.74, 6) is 0.370. The number of aromatic nitrogens is 2. The first-order chi connectivity index (χ1) is 14.0. The molecule has 0 spiro atoms. The van der Waals surface area contributed by atoms with E-state index >= 15 is 0 Å². The fraction of sp³-hybridized carbons (Fsp3) is 0.238. The highest BCUT2D eigenvalue weighted by molar-refractivity contribution is 7.89. The van der Waals surface area contributed by atoms with Gasteiger partial charge in [0.25, 0.3) is 0 Å². The molecular formula is C21H21N5O2S. The average molecular weight is 407 g/mol. The zero-order valence-electron chi connectivity index (χ0n) is 15.7. The van der Waals surface area contributed by atoms with E-state index in [1.807, 2.05) is 30.3 Å². The Morgan fingerprint density at radius 2 is 1.93 bits per heavy atom. The molecule has 1 fully saturated rings. The van der Waals surface area contributed by atoms with Gasteiger partial charge in [-0.15, -0.1) is 0 Å². The molecule has 3 N–H and O–H groups in total. The third-order valence-corrected chi connectivity index (χ3v) is 7.61. The number of fused-ring (bicyclic) bond motifs is 5. The Kier molecular flexibility index (Phi) is 4.25. The van der Waals surface area contributed by atoms with Gasteiger partial charge in [0.1, 0.15) is 5.82 Å². The van der Waals surface area contributed by atoms with E-state index in [1.54, 1.807) is 22.6 Å². The van der Waals surface area contributed by atoms with Crippen molar-refractivity contribution in [1.29, 1.82) is 0 Å². The maximum Gasteiger partial charge on any atom is 0.244 e. The number of sulfonamides is 1. The van der Waals surface area contributed by atoms with Gasteiger partial charge in [0.2, 0.25) is 10.0 Å². The molecule has 2 aromatic carbocycles. The number of benzene rings is 2. The monoisotopic (exact) mass is 407 g/mol. The minimum atomic E-state index is -3.56. The molecule has 0 amide bonds. The largest absolute Gasteiger partial charge is 0.383 e. The quantitative estimate of drug-likeness (QED) is 0.643. The Hall–Kier alpha value is -2.97. The number of nitrogens with two attached hydrogens (primary N) is 1. The van der Waals surface area contributed by atoms with E-state index in [-0.39, 0.29) is 6.04 Å². The predicted octanol–water partition coefficient (Wildman–Crippen LogP) is 2.97. The average Bonchev–Trinajstić information content (AvgIpc) is 3.22. The number of nitrogens with zero attached hydrogens (tertiary/aromatic N) is 3. The van der Waals surface area contributed by atoms with Crippen LogP contribution in [0.3, 0.4) is 0 Å². The molecule has 2 bridgehead atoms. The van der Waals surface area contributed by atoms with Gasteiger partial charge in [0, 0.05) is 35.9 Å². The van der Waals surface area contributed by atoms with Crippen molar-refractivity contribution < 1.29 is 8.42 Å². The van der Waals surface area contributed by atoms with Crippen molar-refractivity contribution in [2.75, 3.05) is 24.1 Å². The first kappa shape index (κ1) is 18.1. The SMILES string of the molecule is Nc1cnc(-c2ccc3cc2NC[C@H]2CCCN2S(=O)(=O)c2ccccc2-3)cn1. The summed E-state index contributed by atoms with van der Waals surface area (Å²) in [4.78, 5) is 8.92. The summed E-state index contributed by atoms with van der Waals surface area (Å²) < 4.78 is 28.5. The van der Waals surface area contributed by atoms with Crippen molar-refractivity contribution in [3.8, 4) is 22.4 Å². The standard InChI is InChI=1S/C21H21N5O2S/c22-21-13-24-19(12-25-21)17-8-7-14-10-18(17)23-11-15-4-3-9-26(15)29(27,28)20-6-2-1-5-16(14)20/h1-2,5-8,10,12-13,15,23H,3-4,9,11H2,(H2,22,25)/t15-/m1/s1. The molecule has 0 radical (unpaired) electrons. The van der Waals surface area contributed by atoms with Gasteiger partial charge < -0.3 is 11.1 Å². The van der Waals surface area contributed by atoms with Gasteiger partial charge in [0.05, 0.1) is 23.0 Å². The smallest absolute Gasteiger partial charge is 0.244 e. The molecule has 1 atom stereocenters. The highest BCUT2D eigenvalue weighted by Crippen LogP contribution is 2.38. The molecule has 5 rings (SSSR count). The molecule has 0 aliphatic carbocycles. The van der Waals surface area contributed by atoms with Crippen LogP contribution in [0.25, 0.3) is 22.4 Å². The second kappa shape index (κ2) is 6.82. The topological polar surface area (TPSA) is 101 Å². The Balaban J connectivity index is 1.72.